The summed E-state index contributed by atoms with van der Waals surface area (Å²) in [5.41, 5.74) is 0.902. The van der Waals surface area contributed by atoms with E-state index in [-0.39, 0.29) is 0 Å². The number of nitrogens with zero attached hydrogens (tertiary/aromatic N) is 4. The van der Waals surface area contributed by atoms with E-state index in [2.05, 4.69) is 32.0 Å². The van der Waals surface area contributed by atoms with Crippen molar-refractivity contribution in [1.82, 2.24) is 20.0 Å². The average molecular weight is 231 g/mol. The molecule has 0 radical (unpaired) electrons. The Morgan fingerprint density at radius 2 is 2.06 bits per heavy atom. The first-order chi connectivity index (χ1) is 8.36. The number of H-pyrrole nitrogens is 1. The third-order valence-electron chi connectivity index (χ3n) is 3.40. The normalized spacial score (nSPS) is 17.5. The van der Waals surface area contributed by atoms with Crippen LogP contribution in [0.1, 0.15) is 19.3 Å². The van der Waals surface area contributed by atoms with Gasteiger partial charge in [0, 0.05) is 26.3 Å². The lowest BCUT2D eigenvalue weighted by Crippen LogP contribution is -2.43. The molecule has 0 spiro atoms. The summed E-state index contributed by atoms with van der Waals surface area (Å²) in [6, 6.07) is 2.03. The molecule has 1 N–H and O–H groups in total. The highest BCUT2D eigenvalue weighted by atomic mass is 15.6. The number of hydrogen-bond acceptors (Lipinski definition) is 4. The van der Waals surface area contributed by atoms with Crippen molar-refractivity contribution in [3.63, 3.8) is 0 Å². The molecule has 0 bridgehead atoms. The summed E-state index contributed by atoms with van der Waals surface area (Å²) in [6.07, 6.45) is 7.41. The fraction of sp³-hybridized carbons (Fsp3) is 0.500. The lowest BCUT2D eigenvalue weighted by Gasteiger charge is -2.35. The van der Waals surface area contributed by atoms with E-state index < -0.39 is 0 Å². The number of aromatic amines is 1. The first-order valence-electron chi connectivity index (χ1n) is 6.13. The molecule has 0 aliphatic carbocycles. The molecule has 1 aliphatic rings. The highest BCUT2D eigenvalue weighted by molar-refractivity contribution is 5.86. The maximum Gasteiger partial charge on any atom is 0.155 e. The maximum absolute atomic E-state index is 4.41. The lowest BCUT2D eigenvalue weighted by atomic mass is 10.2. The molecule has 0 saturated carbocycles. The van der Waals surface area contributed by atoms with Crippen LogP contribution in [0.15, 0.2) is 18.6 Å². The standard InChI is InChI=1S/C12H17N5/c1-16(17-7-3-2-4-8-17)12-10-5-6-13-11(10)14-9-15-12/h5-6,9H,2-4,7-8H2,1H3,(H,13,14,15). The summed E-state index contributed by atoms with van der Waals surface area (Å²) in [6.45, 7) is 2.23. The number of anilines is 1. The molecule has 3 heterocycles. The van der Waals surface area contributed by atoms with Crippen LogP contribution in [-0.2, 0) is 0 Å². The zero-order valence-electron chi connectivity index (χ0n) is 10.1. The van der Waals surface area contributed by atoms with Crippen LogP contribution in [0.2, 0.25) is 0 Å². The van der Waals surface area contributed by atoms with Gasteiger partial charge in [0.1, 0.15) is 12.0 Å². The van der Waals surface area contributed by atoms with Gasteiger partial charge in [0.2, 0.25) is 0 Å². The molecule has 17 heavy (non-hydrogen) atoms. The smallest absolute Gasteiger partial charge is 0.155 e. The maximum atomic E-state index is 4.41. The Hall–Kier alpha value is -1.62. The fourth-order valence-electron chi connectivity index (χ4n) is 2.43. The van der Waals surface area contributed by atoms with Crippen LogP contribution < -0.4 is 5.01 Å². The van der Waals surface area contributed by atoms with Crippen LogP contribution >= 0.6 is 0 Å². The molecule has 5 nitrogen and oxygen atoms in total. The Bertz CT molecular complexity index is 500. The summed E-state index contributed by atoms with van der Waals surface area (Å²) < 4.78 is 0. The molecule has 1 fully saturated rings. The minimum atomic E-state index is 0.902. The molecule has 1 aliphatic heterocycles. The van der Waals surface area contributed by atoms with Crippen molar-refractivity contribution in [3.8, 4) is 0 Å². The van der Waals surface area contributed by atoms with Crippen molar-refractivity contribution in [2.24, 2.45) is 0 Å². The van der Waals surface area contributed by atoms with Gasteiger partial charge in [0.05, 0.1) is 5.39 Å². The van der Waals surface area contributed by atoms with E-state index in [0.29, 0.717) is 0 Å². The van der Waals surface area contributed by atoms with Gasteiger partial charge in [-0.2, -0.15) is 0 Å². The summed E-state index contributed by atoms with van der Waals surface area (Å²) in [5.74, 6) is 0.984. The SMILES string of the molecule is CN(c1ncnc2[nH]ccc12)N1CCCCC1. The second kappa shape index (κ2) is 4.33. The molecule has 0 unspecified atom stereocenters. The Labute approximate surface area is 100 Å². The van der Waals surface area contributed by atoms with E-state index in [0.717, 1.165) is 29.9 Å². The van der Waals surface area contributed by atoms with Gasteiger partial charge < -0.3 is 4.98 Å². The van der Waals surface area contributed by atoms with Crippen LogP contribution in [0.25, 0.3) is 11.0 Å². The summed E-state index contributed by atoms with van der Waals surface area (Å²) in [5, 5.41) is 5.61. The summed E-state index contributed by atoms with van der Waals surface area (Å²) >= 11 is 0. The third kappa shape index (κ3) is 1.86. The zero-order valence-corrected chi connectivity index (χ0v) is 10.1. The molecule has 5 heteroatoms. The number of hydrazine groups is 1. The van der Waals surface area contributed by atoms with Gasteiger partial charge in [0.25, 0.3) is 0 Å². The van der Waals surface area contributed by atoms with E-state index in [1.807, 2.05) is 12.3 Å². The van der Waals surface area contributed by atoms with Gasteiger partial charge in [0.15, 0.2) is 5.82 Å². The minimum absolute atomic E-state index is 0.902. The van der Waals surface area contributed by atoms with Crippen molar-refractivity contribution in [3.05, 3.63) is 18.6 Å². The molecule has 0 amide bonds. The highest BCUT2D eigenvalue weighted by Crippen LogP contribution is 2.23. The largest absolute Gasteiger partial charge is 0.346 e. The van der Waals surface area contributed by atoms with Crippen molar-refractivity contribution in [2.45, 2.75) is 19.3 Å². The number of fused-ring (bicyclic) bond motifs is 1. The Balaban J connectivity index is 1.94. The van der Waals surface area contributed by atoms with Gasteiger partial charge in [-0.15, -0.1) is 0 Å². The van der Waals surface area contributed by atoms with Gasteiger partial charge >= 0.3 is 0 Å². The van der Waals surface area contributed by atoms with Gasteiger partial charge in [-0.25, -0.2) is 15.0 Å². The molecule has 2 aromatic heterocycles. The quantitative estimate of drug-likeness (QED) is 0.856. The number of rotatable bonds is 2. The van der Waals surface area contributed by atoms with Gasteiger partial charge in [-0.1, -0.05) is 6.42 Å². The Kier molecular flexibility index (Phi) is 2.68. The van der Waals surface area contributed by atoms with E-state index in [1.54, 1.807) is 6.33 Å². The van der Waals surface area contributed by atoms with Crippen molar-refractivity contribution >= 4 is 16.9 Å². The molecule has 0 aromatic carbocycles. The highest BCUT2D eigenvalue weighted by Gasteiger charge is 2.18. The average Bonchev–Trinajstić information content (AvgIpc) is 2.87. The second-order valence-electron chi connectivity index (χ2n) is 4.48. The van der Waals surface area contributed by atoms with Crippen LogP contribution in [0.3, 0.4) is 0 Å². The number of nitrogens with one attached hydrogen (secondary N) is 1. The Morgan fingerprint density at radius 3 is 2.88 bits per heavy atom. The molecular formula is C12H17N5. The number of aromatic nitrogens is 3. The summed E-state index contributed by atoms with van der Waals surface area (Å²) in [4.78, 5) is 11.7. The van der Waals surface area contributed by atoms with E-state index in [1.165, 1.54) is 19.3 Å². The van der Waals surface area contributed by atoms with Gasteiger partial charge in [-0.3, -0.25) is 5.01 Å². The molecule has 90 valence electrons. The van der Waals surface area contributed by atoms with Crippen LogP contribution in [0.4, 0.5) is 5.82 Å². The number of piperidine rings is 1. The van der Waals surface area contributed by atoms with E-state index in [9.17, 15) is 0 Å². The molecule has 3 rings (SSSR count). The number of hydrogen-bond donors (Lipinski definition) is 1. The lowest BCUT2D eigenvalue weighted by molar-refractivity contribution is 0.219. The first-order valence-corrected chi connectivity index (χ1v) is 6.13. The van der Waals surface area contributed by atoms with Crippen LogP contribution in [0, 0.1) is 0 Å². The second-order valence-corrected chi connectivity index (χ2v) is 4.48. The molecule has 0 atom stereocenters. The van der Waals surface area contributed by atoms with E-state index >= 15 is 0 Å². The third-order valence-corrected chi connectivity index (χ3v) is 3.40. The van der Waals surface area contributed by atoms with Crippen molar-refractivity contribution in [2.75, 3.05) is 25.1 Å². The molecule has 2 aromatic rings. The minimum Gasteiger partial charge on any atom is -0.346 e. The molecular weight excluding hydrogens is 214 g/mol. The van der Waals surface area contributed by atoms with Crippen LogP contribution in [0.5, 0.6) is 0 Å². The summed E-state index contributed by atoms with van der Waals surface area (Å²) in [7, 11) is 2.08. The van der Waals surface area contributed by atoms with Crippen molar-refractivity contribution < 1.29 is 0 Å². The topological polar surface area (TPSA) is 48.1 Å². The first kappa shape index (κ1) is 10.5. The van der Waals surface area contributed by atoms with Gasteiger partial charge in [-0.05, 0) is 18.9 Å². The predicted octanol–water partition coefficient (Wildman–Crippen LogP) is 1.79. The molecule has 1 saturated heterocycles. The van der Waals surface area contributed by atoms with Crippen LogP contribution in [-0.4, -0.2) is 40.1 Å². The predicted molar refractivity (Wildman–Crippen MR) is 67.7 cm³/mol. The monoisotopic (exact) mass is 231 g/mol. The fourth-order valence-corrected chi connectivity index (χ4v) is 2.43. The van der Waals surface area contributed by atoms with Crippen molar-refractivity contribution in [1.29, 1.82) is 0 Å². The Morgan fingerprint density at radius 1 is 1.24 bits per heavy atom. The zero-order chi connectivity index (χ0) is 11.7. The van der Waals surface area contributed by atoms with E-state index in [4.69, 9.17) is 0 Å².